The van der Waals surface area contributed by atoms with E-state index in [1.165, 1.54) is 21.0 Å². The summed E-state index contributed by atoms with van der Waals surface area (Å²) in [5.74, 6) is -1.26. The topological polar surface area (TPSA) is 126 Å². The number of carbonyl (C=O) groups excluding carboxylic acids is 2. The van der Waals surface area contributed by atoms with Crippen molar-refractivity contribution < 1.29 is 24.0 Å². The number of ether oxygens (including phenoxy) is 2. The number of hydrogen-bond donors (Lipinski definition) is 1. The van der Waals surface area contributed by atoms with Crippen molar-refractivity contribution in [2.45, 2.75) is 26.8 Å². The van der Waals surface area contributed by atoms with Gasteiger partial charge in [-0.05, 0) is 20.8 Å². The number of nitrogens with zero attached hydrogens (tertiary/aromatic N) is 3. The van der Waals surface area contributed by atoms with E-state index >= 15 is 0 Å². The molecule has 1 amide bonds. The Morgan fingerprint density at radius 3 is 2.70 bits per heavy atom. The zero-order valence-electron chi connectivity index (χ0n) is 13.2. The summed E-state index contributed by atoms with van der Waals surface area (Å²) >= 11 is 0. The quantitative estimate of drug-likeness (QED) is 0.342. The Morgan fingerprint density at radius 1 is 1.57 bits per heavy atom. The molecule has 0 saturated carbocycles. The summed E-state index contributed by atoms with van der Waals surface area (Å²) in [5, 5.41) is 17.2. The van der Waals surface area contributed by atoms with Crippen molar-refractivity contribution >= 4 is 17.6 Å². The Bertz CT molecular complexity index is 636. The normalized spacial score (nSPS) is 12.4. The summed E-state index contributed by atoms with van der Waals surface area (Å²) in [4.78, 5) is 33.6. The molecule has 0 radical (unpaired) electrons. The third-order valence-electron chi connectivity index (χ3n) is 2.79. The first-order valence-corrected chi connectivity index (χ1v) is 6.73. The van der Waals surface area contributed by atoms with Crippen LogP contribution in [0, 0.1) is 10.1 Å². The molecule has 10 nitrogen and oxygen atoms in total. The first-order chi connectivity index (χ1) is 10.8. The molecule has 1 heterocycles. The Labute approximate surface area is 132 Å². The number of amides is 1. The zero-order chi connectivity index (χ0) is 17.6. The molecule has 0 aromatic carbocycles. The van der Waals surface area contributed by atoms with Crippen molar-refractivity contribution in [3.05, 3.63) is 28.1 Å². The number of aromatic nitrogens is 2. The summed E-state index contributed by atoms with van der Waals surface area (Å²) in [6.07, 6.45) is 2.24. The second-order valence-electron chi connectivity index (χ2n) is 4.51. The van der Waals surface area contributed by atoms with Gasteiger partial charge in [-0.1, -0.05) is 0 Å². The molecule has 1 unspecified atom stereocenters. The molecular formula is C13H18N4O6. The smallest absolute Gasteiger partial charge is 0.350 e. The Morgan fingerprint density at radius 2 is 2.22 bits per heavy atom. The van der Waals surface area contributed by atoms with Crippen molar-refractivity contribution in [3.63, 3.8) is 0 Å². The highest BCUT2D eigenvalue weighted by atomic mass is 16.6. The molecule has 126 valence electrons. The van der Waals surface area contributed by atoms with Gasteiger partial charge in [-0.15, -0.1) is 5.10 Å². The van der Waals surface area contributed by atoms with E-state index < -0.39 is 22.8 Å². The molecule has 0 saturated heterocycles. The maximum absolute atomic E-state index is 12.1. The molecule has 0 bridgehead atoms. The third kappa shape index (κ3) is 4.80. The van der Waals surface area contributed by atoms with Gasteiger partial charge >= 0.3 is 17.5 Å². The van der Waals surface area contributed by atoms with Crippen LogP contribution in [0.3, 0.4) is 0 Å². The number of methoxy groups -OCH3 is 1. The molecule has 10 heteroatoms. The third-order valence-corrected chi connectivity index (χ3v) is 2.79. The molecular weight excluding hydrogens is 308 g/mol. The molecule has 23 heavy (non-hydrogen) atoms. The number of nitrogens with one attached hydrogen (secondary N) is 1. The van der Waals surface area contributed by atoms with Gasteiger partial charge in [-0.25, -0.2) is 9.48 Å². The van der Waals surface area contributed by atoms with Crippen molar-refractivity contribution in [2.24, 2.45) is 0 Å². The molecule has 1 N–H and O–H groups in total. The lowest BCUT2D eigenvalue weighted by molar-refractivity contribution is -0.385. The van der Waals surface area contributed by atoms with Crippen LogP contribution in [0.2, 0.25) is 0 Å². The van der Waals surface area contributed by atoms with Crippen molar-refractivity contribution in [3.8, 4) is 5.88 Å². The largest absolute Gasteiger partial charge is 0.475 e. The maximum Gasteiger partial charge on any atom is 0.350 e. The van der Waals surface area contributed by atoms with Crippen molar-refractivity contribution in [1.82, 2.24) is 15.1 Å². The minimum Gasteiger partial charge on any atom is -0.475 e. The summed E-state index contributed by atoms with van der Waals surface area (Å²) in [5.41, 5.74) is -0.0557. The van der Waals surface area contributed by atoms with Gasteiger partial charge in [0.25, 0.3) is 0 Å². The Kier molecular flexibility index (Phi) is 6.24. The van der Waals surface area contributed by atoms with E-state index in [-0.39, 0.29) is 23.9 Å². The van der Waals surface area contributed by atoms with Crippen LogP contribution < -0.4 is 10.1 Å². The molecule has 1 rings (SSSR count). The second kappa shape index (κ2) is 7.92. The Hall–Kier alpha value is -2.91. The minimum atomic E-state index is -0.844. The average molecular weight is 326 g/mol. The molecule has 1 aromatic heterocycles. The molecule has 1 aromatic rings. The van der Waals surface area contributed by atoms with Crippen LogP contribution in [0.1, 0.15) is 26.8 Å². The monoisotopic (exact) mass is 326 g/mol. The van der Waals surface area contributed by atoms with E-state index in [0.717, 1.165) is 17.0 Å². The average Bonchev–Trinajstić information content (AvgIpc) is 2.90. The van der Waals surface area contributed by atoms with E-state index in [0.29, 0.717) is 0 Å². The second-order valence-corrected chi connectivity index (χ2v) is 4.51. The SMILES string of the molecule is CCOC(=O)/C=C(\C)NC(=O)C(C)n1cc([N+](=O)[O-])c(OC)n1. The summed E-state index contributed by atoms with van der Waals surface area (Å²) in [7, 11) is 1.25. The van der Waals surface area contributed by atoms with Crippen LogP contribution in [-0.4, -0.2) is 40.3 Å². The number of allylic oxidation sites excluding steroid dienone is 1. The van der Waals surface area contributed by atoms with Crippen LogP contribution in [0.4, 0.5) is 5.69 Å². The first-order valence-electron chi connectivity index (χ1n) is 6.73. The molecule has 0 fully saturated rings. The van der Waals surface area contributed by atoms with Gasteiger partial charge in [0.1, 0.15) is 12.2 Å². The van der Waals surface area contributed by atoms with E-state index in [2.05, 4.69) is 10.4 Å². The van der Waals surface area contributed by atoms with E-state index in [1.807, 2.05) is 0 Å². The molecule has 0 aliphatic rings. The van der Waals surface area contributed by atoms with Crippen LogP contribution in [-0.2, 0) is 14.3 Å². The maximum atomic E-state index is 12.1. The number of esters is 1. The predicted molar refractivity (Wildman–Crippen MR) is 78.7 cm³/mol. The fourth-order valence-electron chi connectivity index (χ4n) is 1.65. The standard InChI is InChI=1S/C13H18N4O6/c1-5-23-11(18)6-8(2)14-12(19)9(3)16-7-10(17(20)21)13(15-16)22-4/h6-7,9H,5H2,1-4H3,(H,14,19)/b8-6+. The predicted octanol–water partition coefficient (Wildman–Crippen LogP) is 0.944. The minimum absolute atomic E-state index is 0.187. The lowest BCUT2D eigenvalue weighted by Gasteiger charge is -2.12. The van der Waals surface area contributed by atoms with Gasteiger partial charge in [0, 0.05) is 11.8 Å². The summed E-state index contributed by atoms with van der Waals surface area (Å²) < 4.78 is 10.6. The van der Waals surface area contributed by atoms with Gasteiger partial charge in [0.15, 0.2) is 0 Å². The lowest BCUT2D eigenvalue weighted by atomic mass is 10.3. The van der Waals surface area contributed by atoms with Gasteiger partial charge in [0.2, 0.25) is 5.91 Å². The molecule has 0 aliphatic carbocycles. The first kappa shape index (κ1) is 18.1. The van der Waals surface area contributed by atoms with Gasteiger partial charge < -0.3 is 14.8 Å². The van der Waals surface area contributed by atoms with Crippen LogP contribution >= 0.6 is 0 Å². The summed E-state index contributed by atoms with van der Waals surface area (Å²) in [6.45, 7) is 4.92. The number of rotatable bonds is 7. The fraction of sp³-hybridized carbons (Fsp3) is 0.462. The number of hydrogen-bond acceptors (Lipinski definition) is 7. The zero-order valence-corrected chi connectivity index (χ0v) is 13.2. The van der Waals surface area contributed by atoms with Crippen molar-refractivity contribution in [1.29, 1.82) is 0 Å². The van der Waals surface area contributed by atoms with E-state index in [9.17, 15) is 19.7 Å². The van der Waals surface area contributed by atoms with Gasteiger partial charge in [0.05, 0.1) is 18.6 Å². The summed E-state index contributed by atoms with van der Waals surface area (Å²) in [6, 6.07) is -0.844. The van der Waals surface area contributed by atoms with Gasteiger partial charge in [-0.2, -0.15) is 0 Å². The number of carbonyl (C=O) groups is 2. The molecule has 1 atom stereocenters. The number of nitro groups is 1. The van der Waals surface area contributed by atoms with Crippen LogP contribution in [0.5, 0.6) is 5.88 Å². The fourth-order valence-corrected chi connectivity index (χ4v) is 1.65. The van der Waals surface area contributed by atoms with Gasteiger partial charge in [-0.3, -0.25) is 14.9 Å². The van der Waals surface area contributed by atoms with Crippen LogP contribution in [0.15, 0.2) is 18.0 Å². The highest BCUT2D eigenvalue weighted by Crippen LogP contribution is 2.25. The lowest BCUT2D eigenvalue weighted by Crippen LogP contribution is -2.30. The van der Waals surface area contributed by atoms with E-state index in [1.54, 1.807) is 6.92 Å². The van der Waals surface area contributed by atoms with Crippen LogP contribution in [0.25, 0.3) is 0 Å². The van der Waals surface area contributed by atoms with E-state index in [4.69, 9.17) is 9.47 Å². The van der Waals surface area contributed by atoms with Crippen molar-refractivity contribution in [2.75, 3.05) is 13.7 Å². The Balaban J connectivity index is 2.85. The molecule has 0 spiro atoms. The molecule has 0 aliphatic heterocycles. The highest BCUT2D eigenvalue weighted by molar-refractivity contribution is 5.86. The highest BCUT2D eigenvalue weighted by Gasteiger charge is 2.25.